The van der Waals surface area contributed by atoms with Crippen LogP contribution in [0, 0.1) is 147 Å². The minimum Gasteiger partial charge on any atom is -0.481 e. The van der Waals surface area contributed by atoms with Crippen LogP contribution in [0.1, 0.15) is 331 Å². The van der Waals surface area contributed by atoms with Crippen molar-refractivity contribution in [1.29, 1.82) is 0 Å². The molecule has 27 unspecified atom stereocenters. The van der Waals surface area contributed by atoms with Gasteiger partial charge in [0, 0.05) is 12.3 Å². The Morgan fingerprint density at radius 1 is 0.589 bits per heavy atom. The fraction of sp³-hybridized carbons (Fsp3) is 0.899. The molecule has 0 aromatic rings. The summed E-state index contributed by atoms with van der Waals surface area (Å²) in [5.74, 6) is 5.70. The smallest absolute Gasteiger partial charge is 0.309 e. The van der Waals surface area contributed by atoms with Gasteiger partial charge in [0.05, 0.1) is 23.2 Å². The van der Waals surface area contributed by atoms with Crippen molar-refractivity contribution in [2.45, 2.75) is 355 Å². The van der Waals surface area contributed by atoms with Gasteiger partial charge in [-0.3, -0.25) is 4.79 Å². The summed E-state index contributed by atoms with van der Waals surface area (Å²) in [5.41, 5.74) is 9.44. The number of aliphatic carboxylic acids is 1. The highest BCUT2D eigenvalue weighted by molar-refractivity contribution is 5.75. The van der Waals surface area contributed by atoms with E-state index in [-0.39, 0.29) is 45.7 Å². The number of allylic oxidation sites excluding steroid dienone is 6. The Labute approximate surface area is 581 Å². The van der Waals surface area contributed by atoms with Crippen LogP contribution in [-0.2, 0) is 9.53 Å². The van der Waals surface area contributed by atoms with E-state index in [9.17, 15) is 25.2 Å². The molecule has 4 N–H and O–H groups in total. The zero-order valence-corrected chi connectivity index (χ0v) is 64.9. The molecule has 11 saturated carbocycles. The third-order valence-corrected chi connectivity index (χ3v) is 37.8. The lowest BCUT2D eigenvalue weighted by Gasteiger charge is -2.72. The Morgan fingerprint density at radius 3 is 1.93 bits per heavy atom. The Morgan fingerprint density at radius 2 is 1.23 bits per heavy atom. The lowest BCUT2D eigenvalue weighted by Crippen LogP contribution is -2.65. The number of aliphatic hydroxyl groups is 3. The number of hydrogen-bond acceptors (Lipinski definition) is 5. The van der Waals surface area contributed by atoms with E-state index in [1.54, 1.807) is 0 Å². The van der Waals surface area contributed by atoms with Crippen LogP contribution in [0.2, 0.25) is 0 Å². The van der Waals surface area contributed by atoms with Gasteiger partial charge in [-0.25, -0.2) is 0 Å². The fourth-order valence-corrected chi connectivity index (χ4v) is 30.3. The topological polar surface area (TPSA) is 107 Å². The fourth-order valence-electron chi connectivity index (χ4n) is 30.3. The number of fused-ring (bicyclic) bond motifs is 21. The van der Waals surface area contributed by atoms with Crippen LogP contribution in [0.25, 0.3) is 0 Å². The van der Waals surface area contributed by atoms with Crippen molar-refractivity contribution in [3.05, 3.63) is 47.1 Å². The van der Waals surface area contributed by atoms with Crippen molar-refractivity contribution in [3.63, 3.8) is 0 Å². The van der Waals surface area contributed by atoms with Crippen molar-refractivity contribution in [1.82, 2.24) is 0 Å². The molecule has 14 aliphatic carbocycles. The number of ether oxygens (including phenoxy) is 1. The number of rotatable bonds is 5. The number of aliphatic hydroxyl groups excluding tert-OH is 1. The van der Waals surface area contributed by atoms with Crippen LogP contribution in [0.4, 0.5) is 0 Å². The van der Waals surface area contributed by atoms with Crippen LogP contribution in [0.3, 0.4) is 0 Å². The van der Waals surface area contributed by atoms with Crippen molar-refractivity contribution in [2.75, 3.05) is 0 Å². The average molecular weight is 1310 g/mol. The van der Waals surface area contributed by atoms with Crippen LogP contribution in [-0.4, -0.2) is 50.0 Å². The summed E-state index contributed by atoms with van der Waals surface area (Å²) >= 11 is 0. The molecule has 0 bridgehead atoms. The second-order valence-electron chi connectivity index (χ2n) is 42.8. The van der Waals surface area contributed by atoms with E-state index in [4.69, 9.17) is 4.74 Å². The zero-order valence-electron chi connectivity index (χ0n) is 64.9. The highest BCUT2D eigenvalue weighted by atomic mass is 16.6. The number of carboxylic acids is 1. The van der Waals surface area contributed by atoms with Crippen molar-refractivity contribution >= 4 is 5.97 Å². The molecule has 12 fully saturated rings. The van der Waals surface area contributed by atoms with E-state index in [0.29, 0.717) is 105 Å². The van der Waals surface area contributed by atoms with Gasteiger partial charge in [0.2, 0.25) is 0 Å². The first kappa shape index (κ1) is 71.7. The number of carbonyl (C=O) groups is 1. The van der Waals surface area contributed by atoms with Crippen molar-refractivity contribution in [3.8, 4) is 0 Å². The molecule has 6 heteroatoms. The molecule has 0 radical (unpaired) electrons. The van der Waals surface area contributed by atoms with Crippen molar-refractivity contribution < 1.29 is 30.0 Å². The van der Waals surface area contributed by atoms with Crippen LogP contribution >= 0.6 is 0 Å². The maximum absolute atomic E-state index is 12.7. The first-order valence-corrected chi connectivity index (χ1v) is 40.8. The highest BCUT2D eigenvalue weighted by Gasteiger charge is 2.73. The van der Waals surface area contributed by atoms with Gasteiger partial charge in [-0.15, -0.1) is 0 Å². The summed E-state index contributed by atoms with van der Waals surface area (Å²) in [6, 6.07) is 0. The maximum atomic E-state index is 12.7. The largest absolute Gasteiger partial charge is 0.481 e. The van der Waals surface area contributed by atoms with Gasteiger partial charge in [0.25, 0.3) is 0 Å². The highest BCUT2D eigenvalue weighted by Crippen LogP contribution is 2.79. The molecule has 0 aromatic heterocycles. The molecule has 6 nitrogen and oxygen atoms in total. The van der Waals surface area contributed by atoms with Gasteiger partial charge in [-0.2, -0.15) is 0 Å². The van der Waals surface area contributed by atoms with Crippen molar-refractivity contribution in [2.24, 2.45) is 147 Å². The molecule has 0 aromatic carbocycles. The Kier molecular flexibility index (Phi) is 17.5. The minimum absolute atomic E-state index is 0.122. The summed E-state index contributed by atoms with van der Waals surface area (Å²) in [6.45, 7) is 54.3. The predicted octanol–water partition coefficient (Wildman–Crippen LogP) is 22.7. The number of carboxylic acid groups (broad SMARTS) is 1. The summed E-state index contributed by atoms with van der Waals surface area (Å²) < 4.78 is 6.47. The Balaban J connectivity index is 0.000000129. The summed E-state index contributed by atoms with van der Waals surface area (Å²) in [4.78, 5) is 12.7. The van der Waals surface area contributed by atoms with Crippen LogP contribution < -0.4 is 0 Å². The molecule has 15 aliphatic rings. The molecular formula is C89H144O6. The quantitative estimate of drug-likeness (QED) is 0.204. The third-order valence-electron chi connectivity index (χ3n) is 37.8. The molecule has 1 heterocycles. The standard InChI is InChI=1S/C31H50O2.C31H52.C27H42O4/c1-20-11-13-28(5)23-10-9-21-22-19-26(2,3)15-16-27(22,4)17-18-29(21,6)30(23,7)14-12-24(28)31(20,8)25(32)33;1-21-12-14-29(7)24(27(21,4)5)13-15-31(9)25(29)11-10-22-23-20-26(2,3)16-17-28(23,6)18-19-30(22,31)8;1-5-16(2)8-13-27(30)17(3)24-23(31-27)15-22-20-7-6-18-14-19(28)9-12-26(18,29)21(20)10-11-25(22,24)4/h9,20,22-24H,10-19H2,1-8H3,(H,32,33);20-22,24-25H,10-19H2,1-9H3;6,17,19-24,28-30H,2,5,7-15H2,1,3-4H3. The zero-order chi connectivity index (χ0) is 69.1. The second kappa shape index (κ2) is 23.1. The van der Waals surface area contributed by atoms with Gasteiger partial charge in [-0.05, 0) is 335 Å². The minimum atomic E-state index is -1.03. The van der Waals surface area contributed by atoms with Gasteiger partial charge in [0.15, 0.2) is 5.79 Å². The first-order valence-electron chi connectivity index (χ1n) is 40.8. The van der Waals surface area contributed by atoms with E-state index in [1.807, 2.05) is 11.1 Å². The summed E-state index contributed by atoms with van der Waals surface area (Å²) in [5, 5.41) is 43.7. The third kappa shape index (κ3) is 10.3. The summed E-state index contributed by atoms with van der Waals surface area (Å²) in [7, 11) is 0. The lowest BCUT2D eigenvalue weighted by atomic mass is 9.32. The SMILES string of the molecule is C=C(CC)CCC1(O)OC2CC3C4CC=C5CC(O)CCC5(O)C4CCC3(C)C2C1C.CC1CCC2(C)C(CCC3(C)C2CC=C2C4CC(C)(C)CCC4(C)CCC23C)C1(C)C(=O)O.CC1CCC2(C)C(CCC3(C)C2CCC2C4=CC(C)(C)CCC4(C)CCC23C)C1(C)C. The molecule has 0 amide bonds. The van der Waals surface area contributed by atoms with E-state index in [2.05, 4.69) is 163 Å². The predicted molar refractivity (Wildman–Crippen MR) is 391 cm³/mol. The van der Waals surface area contributed by atoms with Crippen LogP contribution in [0.5, 0.6) is 0 Å². The van der Waals surface area contributed by atoms with E-state index < -0.39 is 22.8 Å². The molecule has 0 spiro atoms. The van der Waals surface area contributed by atoms with Gasteiger partial charge >= 0.3 is 5.97 Å². The Hall–Kier alpha value is -1.73. The van der Waals surface area contributed by atoms with Gasteiger partial charge in [0.1, 0.15) is 0 Å². The molecule has 95 heavy (non-hydrogen) atoms. The molecule has 536 valence electrons. The first-order chi connectivity index (χ1) is 44.0. The van der Waals surface area contributed by atoms with E-state index >= 15 is 0 Å². The average Bonchev–Trinajstić information content (AvgIpc) is 1.08. The summed E-state index contributed by atoms with van der Waals surface area (Å²) in [6.07, 6.45) is 43.3. The van der Waals surface area contributed by atoms with E-state index in [1.165, 1.54) is 121 Å². The van der Waals surface area contributed by atoms with Crippen LogP contribution in [0.15, 0.2) is 47.1 Å². The molecule has 15 rings (SSSR count). The molecular weight excluding hydrogens is 1160 g/mol. The van der Waals surface area contributed by atoms with E-state index in [0.717, 1.165) is 86.5 Å². The van der Waals surface area contributed by atoms with Gasteiger partial charge < -0.3 is 25.2 Å². The maximum Gasteiger partial charge on any atom is 0.309 e. The normalized spacial score (nSPS) is 54.6. The number of hydrogen-bond donors (Lipinski definition) is 4. The van der Waals surface area contributed by atoms with Gasteiger partial charge in [-0.1, -0.05) is 173 Å². The molecule has 1 saturated heterocycles. The monoisotopic (exact) mass is 1310 g/mol. The Bertz CT molecular complexity index is 3090. The second-order valence-corrected chi connectivity index (χ2v) is 42.8. The molecule has 1 aliphatic heterocycles. The molecule has 27 atom stereocenters. The lowest BCUT2D eigenvalue weighted by molar-refractivity contribution is -0.220.